The van der Waals surface area contributed by atoms with E-state index in [1.54, 1.807) is 6.07 Å². The van der Waals surface area contributed by atoms with E-state index >= 15 is 0 Å². The highest BCUT2D eigenvalue weighted by Gasteiger charge is 2.24. The number of hydrogen-bond acceptors (Lipinski definition) is 4. The summed E-state index contributed by atoms with van der Waals surface area (Å²) >= 11 is 5.70. The van der Waals surface area contributed by atoms with Crippen LogP contribution in [-0.4, -0.2) is 27.3 Å². The van der Waals surface area contributed by atoms with Crippen molar-refractivity contribution < 1.29 is 0 Å². The Morgan fingerprint density at radius 3 is 2.50 bits per heavy atom. The van der Waals surface area contributed by atoms with Crippen molar-refractivity contribution in [3.63, 3.8) is 0 Å². The lowest BCUT2D eigenvalue weighted by Gasteiger charge is -2.38. The second-order valence-electron chi connectivity index (χ2n) is 4.39. The third kappa shape index (κ3) is 2.62. The number of piperidine rings is 1. The lowest BCUT2D eigenvalue weighted by molar-refractivity contribution is 0.135. The van der Waals surface area contributed by atoms with Crippen molar-refractivity contribution >= 4 is 17.4 Å². The van der Waals surface area contributed by atoms with Crippen molar-refractivity contribution in [1.82, 2.24) is 15.2 Å². The SMILES string of the molecule is CC1CCCC(C)N1Nc1ccc(Cl)nn1. The molecular weight excluding hydrogens is 224 g/mol. The Kier molecular flexibility index (Phi) is 3.61. The molecule has 88 valence electrons. The summed E-state index contributed by atoms with van der Waals surface area (Å²) < 4.78 is 0. The molecule has 2 atom stereocenters. The van der Waals surface area contributed by atoms with Crippen LogP contribution < -0.4 is 5.43 Å². The molecule has 16 heavy (non-hydrogen) atoms. The molecule has 2 heterocycles. The van der Waals surface area contributed by atoms with Crippen LogP contribution in [0, 0.1) is 0 Å². The van der Waals surface area contributed by atoms with Gasteiger partial charge in [-0.1, -0.05) is 18.0 Å². The third-order valence-corrected chi connectivity index (χ3v) is 3.27. The predicted molar refractivity (Wildman–Crippen MR) is 65.3 cm³/mol. The molecule has 1 aliphatic heterocycles. The number of hydrogen-bond donors (Lipinski definition) is 1. The van der Waals surface area contributed by atoms with E-state index in [0.717, 1.165) is 5.82 Å². The van der Waals surface area contributed by atoms with Gasteiger partial charge in [-0.25, -0.2) is 5.01 Å². The zero-order valence-electron chi connectivity index (χ0n) is 9.65. The van der Waals surface area contributed by atoms with Crippen LogP contribution in [0.15, 0.2) is 12.1 Å². The molecule has 1 aromatic rings. The van der Waals surface area contributed by atoms with Crippen molar-refractivity contribution in [1.29, 1.82) is 0 Å². The van der Waals surface area contributed by atoms with Crippen LogP contribution in [0.2, 0.25) is 5.15 Å². The first-order valence-electron chi connectivity index (χ1n) is 5.71. The summed E-state index contributed by atoms with van der Waals surface area (Å²) in [6.07, 6.45) is 3.74. The van der Waals surface area contributed by atoms with Gasteiger partial charge in [0, 0.05) is 12.1 Å². The molecule has 2 unspecified atom stereocenters. The molecule has 0 spiro atoms. The van der Waals surface area contributed by atoms with E-state index in [4.69, 9.17) is 11.6 Å². The first-order valence-corrected chi connectivity index (χ1v) is 6.09. The average Bonchev–Trinajstić information content (AvgIpc) is 2.26. The highest BCUT2D eigenvalue weighted by molar-refractivity contribution is 6.29. The quantitative estimate of drug-likeness (QED) is 0.863. The third-order valence-electron chi connectivity index (χ3n) is 3.07. The number of aromatic nitrogens is 2. The molecule has 0 aromatic carbocycles. The van der Waals surface area contributed by atoms with E-state index in [-0.39, 0.29) is 0 Å². The van der Waals surface area contributed by atoms with Gasteiger partial charge in [0.1, 0.15) is 0 Å². The van der Waals surface area contributed by atoms with Crippen molar-refractivity contribution in [3.8, 4) is 0 Å². The van der Waals surface area contributed by atoms with Crippen LogP contribution in [0.25, 0.3) is 0 Å². The summed E-state index contributed by atoms with van der Waals surface area (Å²) in [5.41, 5.74) is 3.31. The van der Waals surface area contributed by atoms with Gasteiger partial charge in [-0.05, 0) is 38.8 Å². The Hall–Kier alpha value is -0.870. The molecule has 1 N–H and O–H groups in total. The second-order valence-corrected chi connectivity index (χ2v) is 4.78. The summed E-state index contributed by atoms with van der Waals surface area (Å²) in [7, 11) is 0. The average molecular weight is 241 g/mol. The van der Waals surface area contributed by atoms with Gasteiger partial charge in [-0.15, -0.1) is 10.2 Å². The standard InChI is InChI=1S/C11H17ClN4/c1-8-4-3-5-9(2)16(8)15-11-7-6-10(12)13-14-11/h6-9H,3-5H2,1-2H3,(H,14,15). The van der Waals surface area contributed by atoms with Gasteiger partial charge in [-0.2, -0.15) is 0 Å². The Labute approximate surface area is 101 Å². The van der Waals surface area contributed by atoms with Crippen LogP contribution in [0.1, 0.15) is 33.1 Å². The first kappa shape index (κ1) is 11.6. The molecule has 0 saturated carbocycles. The molecule has 1 aromatic heterocycles. The number of anilines is 1. The van der Waals surface area contributed by atoms with E-state index < -0.39 is 0 Å². The maximum atomic E-state index is 5.70. The van der Waals surface area contributed by atoms with Crippen LogP contribution in [0.4, 0.5) is 5.82 Å². The molecule has 4 nitrogen and oxygen atoms in total. The number of nitrogens with one attached hydrogen (secondary N) is 1. The lowest BCUT2D eigenvalue weighted by Crippen LogP contribution is -2.47. The van der Waals surface area contributed by atoms with Crippen LogP contribution in [0.5, 0.6) is 0 Å². The minimum Gasteiger partial charge on any atom is -0.301 e. The maximum Gasteiger partial charge on any atom is 0.163 e. The number of halogens is 1. The molecule has 1 fully saturated rings. The molecule has 1 aliphatic rings. The first-order chi connectivity index (χ1) is 7.66. The molecule has 0 aliphatic carbocycles. The van der Waals surface area contributed by atoms with Gasteiger partial charge in [0.25, 0.3) is 0 Å². The smallest absolute Gasteiger partial charge is 0.163 e. The summed E-state index contributed by atoms with van der Waals surface area (Å²) in [5, 5.41) is 10.5. The van der Waals surface area contributed by atoms with Gasteiger partial charge in [0.15, 0.2) is 11.0 Å². The predicted octanol–water partition coefficient (Wildman–Crippen LogP) is 2.72. The highest BCUT2D eigenvalue weighted by Crippen LogP contribution is 2.22. The van der Waals surface area contributed by atoms with Gasteiger partial charge < -0.3 is 5.43 Å². The largest absolute Gasteiger partial charge is 0.301 e. The summed E-state index contributed by atoms with van der Waals surface area (Å²) in [4.78, 5) is 0. The number of hydrazine groups is 1. The molecule has 0 radical (unpaired) electrons. The van der Waals surface area contributed by atoms with Gasteiger partial charge >= 0.3 is 0 Å². The highest BCUT2D eigenvalue weighted by atomic mass is 35.5. The van der Waals surface area contributed by atoms with Gasteiger partial charge in [0.05, 0.1) is 0 Å². The van der Waals surface area contributed by atoms with Crippen molar-refractivity contribution in [2.45, 2.75) is 45.2 Å². The van der Waals surface area contributed by atoms with Crippen LogP contribution in [-0.2, 0) is 0 Å². The fraction of sp³-hybridized carbons (Fsp3) is 0.636. The Balaban J connectivity index is 2.04. The summed E-state index contributed by atoms with van der Waals surface area (Å²) in [5.74, 6) is 0.755. The zero-order chi connectivity index (χ0) is 11.5. The van der Waals surface area contributed by atoms with E-state index in [0.29, 0.717) is 17.2 Å². The van der Waals surface area contributed by atoms with E-state index in [9.17, 15) is 0 Å². The second kappa shape index (κ2) is 4.97. The van der Waals surface area contributed by atoms with E-state index in [1.807, 2.05) is 6.07 Å². The van der Waals surface area contributed by atoms with Crippen molar-refractivity contribution in [2.24, 2.45) is 0 Å². The molecule has 1 saturated heterocycles. The molecule has 0 bridgehead atoms. The Morgan fingerprint density at radius 2 is 1.94 bits per heavy atom. The fourth-order valence-corrected chi connectivity index (χ4v) is 2.25. The zero-order valence-corrected chi connectivity index (χ0v) is 10.4. The topological polar surface area (TPSA) is 41.0 Å². The number of rotatable bonds is 2. The summed E-state index contributed by atoms with van der Waals surface area (Å²) in [6.45, 7) is 4.46. The molecule has 2 rings (SSSR count). The lowest BCUT2D eigenvalue weighted by atomic mass is 10.00. The van der Waals surface area contributed by atoms with Gasteiger partial charge in [0.2, 0.25) is 0 Å². The minimum absolute atomic E-state index is 0.422. The van der Waals surface area contributed by atoms with E-state index in [2.05, 4.69) is 34.5 Å². The summed E-state index contributed by atoms with van der Waals surface area (Å²) in [6, 6.07) is 4.65. The molecule has 0 amide bonds. The van der Waals surface area contributed by atoms with E-state index in [1.165, 1.54) is 19.3 Å². The monoisotopic (exact) mass is 240 g/mol. The Bertz CT molecular complexity index is 330. The normalized spacial score (nSPS) is 26.7. The van der Waals surface area contributed by atoms with Crippen molar-refractivity contribution in [3.05, 3.63) is 17.3 Å². The maximum absolute atomic E-state index is 5.70. The molecular formula is C11H17ClN4. The van der Waals surface area contributed by atoms with Crippen LogP contribution in [0.3, 0.4) is 0 Å². The van der Waals surface area contributed by atoms with Gasteiger partial charge in [-0.3, -0.25) is 0 Å². The minimum atomic E-state index is 0.422. The fourth-order valence-electron chi connectivity index (χ4n) is 2.15. The molecule has 5 heteroatoms. The van der Waals surface area contributed by atoms with Crippen molar-refractivity contribution in [2.75, 3.05) is 5.43 Å². The number of nitrogens with zero attached hydrogens (tertiary/aromatic N) is 3. The van der Waals surface area contributed by atoms with Crippen LogP contribution >= 0.6 is 11.6 Å². The Morgan fingerprint density at radius 1 is 1.25 bits per heavy atom.